The van der Waals surface area contributed by atoms with Gasteiger partial charge in [0.1, 0.15) is 24.4 Å². The van der Waals surface area contributed by atoms with E-state index in [1.807, 2.05) is 0 Å². The molecule has 4 atom stereocenters. The van der Waals surface area contributed by atoms with Crippen LogP contribution < -0.4 is 11.2 Å². The van der Waals surface area contributed by atoms with Crippen LogP contribution in [0.4, 0.5) is 0 Å². The van der Waals surface area contributed by atoms with Crippen molar-refractivity contribution in [3.63, 3.8) is 0 Å². The van der Waals surface area contributed by atoms with E-state index in [9.17, 15) is 14.4 Å². The molecule has 0 amide bonds. The second-order valence-corrected chi connectivity index (χ2v) is 5.59. The topological polar surface area (TPSA) is 180 Å². The summed E-state index contributed by atoms with van der Waals surface area (Å²) in [5.41, 5.74) is 0.180. The van der Waals surface area contributed by atoms with E-state index in [4.69, 9.17) is 25.5 Å². The average Bonchev–Trinajstić information content (AvgIpc) is 3.04. The van der Waals surface area contributed by atoms with Crippen LogP contribution in [-0.2, 0) is 25.9 Å². The SMILES string of the molecule is Cn1c(=O)c2c(ncn2C)n(C)c1=O.O=C[C@H](O)[C@@H](O)[C@H](O)[C@H](O)CO. The van der Waals surface area contributed by atoms with Crippen LogP contribution in [0.25, 0.3) is 11.2 Å². The second kappa shape index (κ2) is 8.82. The fraction of sp³-hybridized carbons (Fsp3) is 0.571. The fourth-order valence-electron chi connectivity index (χ4n) is 2.09. The van der Waals surface area contributed by atoms with Gasteiger partial charge in [0.15, 0.2) is 17.5 Å². The standard InChI is InChI=1S/C8H10N4O2.C6H12O6/c1-10-4-9-6-5(10)7(13)12(3)8(14)11(6)2;7-1-3(9)5(11)6(12)4(10)2-8/h4H,1-3H3;1,3-6,8-12H,2H2/t;3-,4+,5+,6+/m.0/s1. The van der Waals surface area contributed by atoms with E-state index in [0.717, 1.165) is 4.57 Å². The first-order valence-corrected chi connectivity index (χ1v) is 7.43. The van der Waals surface area contributed by atoms with Gasteiger partial charge in [-0.3, -0.25) is 13.9 Å². The first-order valence-electron chi connectivity index (χ1n) is 7.43. The van der Waals surface area contributed by atoms with Crippen molar-refractivity contribution in [2.75, 3.05) is 6.61 Å². The molecule has 0 saturated heterocycles. The molecule has 12 nitrogen and oxygen atoms in total. The Hall–Kier alpha value is -2.38. The zero-order valence-electron chi connectivity index (χ0n) is 14.4. The molecule has 12 heteroatoms. The summed E-state index contributed by atoms with van der Waals surface area (Å²) in [5, 5.41) is 43.5. The van der Waals surface area contributed by atoms with Crippen LogP contribution in [0.5, 0.6) is 0 Å². The number of imidazole rings is 1. The van der Waals surface area contributed by atoms with Crippen LogP contribution in [0.3, 0.4) is 0 Å². The number of rotatable bonds is 5. The Kier molecular flexibility index (Phi) is 7.35. The number of hydrogen-bond donors (Lipinski definition) is 5. The van der Waals surface area contributed by atoms with Crippen molar-refractivity contribution in [1.29, 1.82) is 0 Å². The number of aromatic nitrogens is 4. The molecule has 26 heavy (non-hydrogen) atoms. The van der Waals surface area contributed by atoms with Crippen molar-refractivity contribution in [2.24, 2.45) is 21.1 Å². The van der Waals surface area contributed by atoms with Gasteiger partial charge in [0, 0.05) is 21.1 Å². The minimum Gasteiger partial charge on any atom is -0.394 e. The predicted octanol–water partition coefficient (Wildman–Crippen LogP) is -4.41. The largest absolute Gasteiger partial charge is 0.394 e. The third-order valence-corrected chi connectivity index (χ3v) is 3.74. The van der Waals surface area contributed by atoms with Crippen molar-refractivity contribution in [1.82, 2.24) is 18.7 Å². The van der Waals surface area contributed by atoms with E-state index in [1.54, 1.807) is 18.7 Å². The molecule has 0 fully saturated rings. The first-order chi connectivity index (χ1) is 12.1. The summed E-state index contributed by atoms with van der Waals surface area (Å²) in [6.07, 6.45) is -5.32. The Labute approximate surface area is 146 Å². The molecule has 0 aliphatic rings. The van der Waals surface area contributed by atoms with Gasteiger partial charge in [0.05, 0.1) is 12.9 Å². The van der Waals surface area contributed by atoms with Gasteiger partial charge in [-0.1, -0.05) is 0 Å². The van der Waals surface area contributed by atoms with Gasteiger partial charge in [0.25, 0.3) is 5.56 Å². The number of aryl methyl sites for hydroxylation is 2. The van der Waals surface area contributed by atoms with Crippen LogP contribution in [0, 0.1) is 0 Å². The summed E-state index contributed by atoms with van der Waals surface area (Å²) in [7, 11) is 4.77. The lowest BCUT2D eigenvalue weighted by atomic mass is 10.0. The summed E-state index contributed by atoms with van der Waals surface area (Å²) >= 11 is 0. The average molecular weight is 374 g/mol. The van der Waals surface area contributed by atoms with E-state index >= 15 is 0 Å². The van der Waals surface area contributed by atoms with Gasteiger partial charge in [0.2, 0.25) is 0 Å². The summed E-state index contributed by atoms with van der Waals surface area (Å²) in [6, 6.07) is 0. The smallest absolute Gasteiger partial charge is 0.332 e. The monoisotopic (exact) mass is 374 g/mol. The number of aliphatic hydroxyl groups excluding tert-OH is 5. The van der Waals surface area contributed by atoms with Crippen molar-refractivity contribution < 1.29 is 30.3 Å². The van der Waals surface area contributed by atoms with E-state index < -0.39 is 31.0 Å². The molecule has 0 radical (unpaired) electrons. The van der Waals surface area contributed by atoms with Crippen molar-refractivity contribution in [3.8, 4) is 0 Å². The number of carbonyl (C=O) groups is 1. The lowest BCUT2D eigenvalue weighted by Gasteiger charge is -2.22. The number of carbonyl (C=O) groups excluding carboxylic acids is 1. The minimum atomic E-state index is -1.79. The van der Waals surface area contributed by atoms with Crippen LogP contribution in [0.2, 0.25) is 0 Å². The van der Waals surface area contributed by atoms with Gasteiger partial charge < -0.3 is 34.9 Å². The van der Waals surface area contributed by atoms with E-state index in [0.29, 0.717) is 11.2 Å². The Morgan fingerprint density at radius 3 is 2.15 bits per heavy atom. The number of hydrogen-bond acceptors (Lipinski definition) is 9. The summed E-state index contributed by atoms with van der Waals surface area (Å²) < 4.78 is 4.04. The summed E-state index contributed by atoms with van der Waals surface area (Å²) in [6.45, 7) is -0.760. The molecule has 2 aromatic rings. The van der Waals surface area contributed by atoms with Gasteiger partial charge >= 0.3 is 5.69 Å². The third-order valence-electron chi connectivity index (χ3n) is 3.74. The lowest BCUT2D eigenvalue weighted by molar-refractivity contribution is -0.136. The maximum atomic E-state index is 11.7. The quantitative estimate of drug-likeness (QED) is 0.323. The molecule has 0 aliphatic carbocycles. The molecule has 2 heterocycles. The maximum Gasteiger partial charge on any atom is 0.332 e. The Morgan fingerprint density at radius 2 is 1.65 bits per heavy atom. The second-order valence-electron chi connectivity index (χ2n) is 5.59. The molecule has 0 aliphatic heterocycles. The molecule has 0 saturated carbocycles. The third kappa shape index (κ3) is 4.23. The van der Waals surface area contributed by atoms with Gasteiger partial charge in [-0.05, 0) is 0 Å². The molecular formula is C14H22N4O8. The summed E-state index contributed by atoms with van der Waals surface area (Å²) in [4.78, 5) is 37.1. The first kappa shape index (κ1) is 21.7. The molecule has 146 valence electrons. The van der Waals surface area contributed by atoms with Gasteiger partial charge in [-0.25, -0.2) is 9.78 Å². The van der Waals surface area contributed by atoms with Gasteiger partial charge in [-0.2, -0.15) is 0 Å². The number of nitrogens with zero attached hydrogens (tertiary/aromatic N) is 4. The molecule has 2 rings (SSSR count). The molecule has 2 aromatic heterocycles. The highest BCUT2D eigenvalue weighted by Gasteiger charge is 2.29. The minimum absolute atomic E-state index is 0.0258. The molecule has 0 unspecified atom stereocenters. The van der Waals surface area contributed by atoms with Crippen molar-refractivity contribution in [2.45, 2.75) is 24.4 Å². The summed E-state index contributed by atoms with van der Waals surface area (Å²) in [5.74, 6) is 0. The van der Waals surface area contributed by atoms with Crippen molar-refractivity contribution >= 4 is 17.5 Å². The Balaban J connectivity index is 0.000000265. The van der Waals surface area contributed by atoms with E-state index in [1.165, 1.54) is 17.9 Å². The fourth-order valence-corrected chi connectivity index (χ4v) is 2.09. The lowest BCUT2D eigenvalue weighted by Crippen LogP contribution is -2.46. The van der Waals surface area contributed by atoms with E-state index in [-0.39, 0.29) is 17.5 Å². The van der Waals surface area contributed by atoms with Crippen molar-refractivity contribution in [3.05, 3.63) is 27.2 Å². The van der Waals surface area contributed by atoms with Crippen LogP contribution in [0.1, 0.15) is 0 Å². The molecule has 0 aromatic carbocycles. The number of aliphatic hydroxyl groups is 5. The molecule has 0 spiro atoms. The van der Waals surface area contributed by atoms with Crippen LogP contribution >= 0.6 is 0 Å². The highest BCUT2D eigenvalue weighted by atomic mass is 16.4. The predicted molar refractivity (Wildman–Crippen MR) is 88.4 cm³/mol. The maximum absolute atomic E-state index is 11.7. The van der Waals surface area contributed by atoms with Crippen LogP contribution in [-0.4, -0.2) is 81.5 Å². The van der Waals surface area contributed by atoms with Gasteiger partial charge in [-0.15, -0.1) is 0 Å². The highest BCUT2D eigenvalue weighted by Crippen LogP contribution is 2.03. The Morgan fingerprint density at radius 1 is 1.08 bits per heavy atom. The number of aldehydes is 1. The molecule has 0 bridgehead atoms. The molecule has 5 N–H and O–H groups in total. The highest BCUT2D eigenvalue weighted by molar-refractivity contribution is 5.69. The zero-order valence-corrected chi connectivity index (χ0v) is 14.4. The van der Waals surface area contributed by atoms with E-state index in [2.05, 4.69) is 4.98 Å². The number of fused-ring (bicyclic) bond motifs is 1. The molecular weight excluding hydrogens is 352 g/mol. The Bertz CT molecular complexity index is 870. The normalized spacial score (nSPS) is 15.7. The van der Waals surface area contributed by atoms with Crippen LogP contribution in [0.15, 0.2) is 15.9 Å². The zero-order chi connectivity index (χ0) is 20.2.